The minimum atomic E-state index is -4.00. The second-order valence-electron chi connectivity index (χ2n) is 6.24. The molecule has 2 aromatic carbocycles. The number of sulfonamides is 1. The fourth-order valence-corrected chi connectivity index (χ4v) is 3.74. The molecule has 30 heavy (non-hydrogen) atoms. The van der Waals surface area contributed by atoms with Crippen molar-refractivity contribution >= 4 is 27.7 Å². The number of carbonyl (C=O) groups excluding carboxylic acids is 2. The molecule has 0 bridgehead atoms. The first-order valence-electron chi connectivity index (χ1n) is 9.23. The first-order chi connectivity index (χ1) is 14.3. The van der Waals surface area contributed by atoms with Crippen LogP contribution in [0.15, 0.2) is 47.4 Å². The fourth-order valence-electron chi connectivity index (χ4n) is 2.48. The minimum absolute atomic E-state index is 0.107. The fraction of sp³-hybridized carbons (Fsp3) is 0.300. The monoisotopic (exact) mass is 435 g/mol. The van der Waals surface area contributed by atoms with Gasteiger partial charge in [-0.1, -0.05) is 17.7 Å². The Kier molecular flexibility index (Phi) is 8.05. The number of alkyl carbamates (subject to hydrolysis) is 1. The zero-order chi connectivity index (χ0) is 22.1. The van der Waals surface area contributed by atoms with Crippen molar-refractivity contribution in [2.45, 2.75) is 18.7 Å². The van der Waals surface area contributed by atoms with Gasteiger partial charge in [0, 0.05) is 24.3 Å². The highest BCUT2D eigenvalue weighted by molar-refractivity contribution is 7.92. The van der Waals surface area contributed by atoms with Gasteiger partial charge >= 0.3 is 6.09 Å². The molecule has 0 aliphatic heterocycles. The maximum atomic E-state index is 12.9. The van der Waals surface area contributed by atoms with E-state index in [9.17, 15) is 18.0 Å². The largest absolute Gasteiger partial charge is 0.495 e. The van der Waals surface area contributed by atoms with Crippen molar-refractivity contribution in [2.24, 2.45) is 0 Å². The predicted octanol–water partition coefficient (Wildman–Crippen LogP) is 2.28. The lowest BCUT2D eigenvalue weighted by atomic mass is 10.2. The molecule has 0 unspecified atom stereocenters. The molecular formula is C20H25N3O6S. The van der Waals surface area contributed by atoms with Crippen LogP contribution in [0, 0.1) is 6.92 Å². The predicted molar refractivity (Wildman–Crippen MR) is 112 cm³/mol. The standard InChI is InChI=1S/C20H25N3O6S/c1-4-29-20(25)22-12-11-21-19(24)15-7-10-17(28-3)18(13-15)30(26,27)23-16-8-5-14(2)6-9-16/h5-10,13,23H,4,11-12H2,1-3H3,(H,21,24)(H,22,25). The lowest BCUT2D eigenvalue weighted by molar-refractivity contribution is 0.0952. The van der Waals surface area contributed by atoms with E-state index in [4.69, 9.17) is 9.47 Å². The third-order valence-corrected chi connectivity index (χ3v) is 5.38. The van der Waals surface area contributed by atoms with Crippen LogP contribution in [-0.4, -0.2) is 47.2 Å². The molecule has 2 aromatic rings. The molecule has 0 fully saturated rings. The van der Waals surface area contributed by atoms with Gasteiger partial charge in [-0.3, -0.25) is 9.52 Å². The van der Waals surface area contributed by atoms with Gasteiger partial charge in [-0.25, -0.2) is 13.2 Å². The van der Waals surface area contributed by atoms with Gasteiger partial charge in [0.05, 0.1) is 13.7 Å². The number of methoxy groups -OCH3 is 1. The van der Waals surface area contributed by atoms with Crippen molar-refractivity contribution in [3.8, 4) is 5.75 Å². The molecule has 0 saturated heterocycles. The van der Waals surface area contributed by atoms with Crippen molar-refractivity contribution in [3.63, 3.8) is 0 Å². The van der Waals surface area contributed by atoms with E-state index < -0.39 is 22.0 Å². The van der Waals surface area contributed by atoms with Gasteiger partial charge in [-0.2, -0.15) is 0 Å². The molecule has 3 N–H and O–H groups in total. The summed E-state index contributed by atoms with van der Waals surface area (Å²) < 4.78 is 38.1. The Bertz CT molecular complexity index is 990. The first-order valence-corrected chi connectivity index (χ1v) is 10.7. The van der Waals surface area contributed by atoms with E-state index in [-0.39, 0.29) is 35.9 Å². The van der Waals surface area contributed by atoms with Crippen LogP contribution in [0.5, 0.6) is 5.75 Å². The van der Waals surface area contributed by atoms with E-state index in [2.05, 4.69) is 15.4 Å². The number of aryl methyl sites for hydroxylation is 1. The van der Waals surface area contributed by atoms with Crippen molar-refractivity contribution in [1.82, 2.24) is 10.6 Å². The summed E-state index contributed by atoms with van der Waals surface area (Å²) in [6.45, 7) is 4.14. The molecule has 0 aliphatic rings. The van der Waals surface area contributed by atoms with E-state index in [1.165, 1.54) is 25.3 Å². The number of hydrogen-bond donors (Lipinski definition) is 3. The van der Waals surface area contributed by atoms with Crippen LogP contribution in [0.3, 0.4) is 0 Å². The molecule has 162 valence electrons. The van der Waals surface area contributed by atoms with Crippen molar-refractivity contribution in [3.05, 3.63) is 53.6 Å². The number of anilines is 1. The van der Waals surface area contributed by atoms with Crippen molar-refractivity contribution in [1.29, 1.82) is 0 Å². The summed E-state index contributed by atoms with van der Waals surface area (Å²) in [4.78, 5) is 23.4. The molecule has 0 heterocycles. The van der Waals surface area contributed by atoms with E-state index in [1.54, 1.807) is 31.2 Å². The molecule has 9 nitrogen and oxygen atoms in total. The van der Waals surface area contributed by atoms with E-state index in [0.717, 1.165) is 5.56 Å². The number of hydrogen-bond acceptors (Lipinski definition) is 6. The molecule has 2 amide bonds. The average molecular weight is 436 g/mol. The highest BCUT2D eigenvalue weighted by Gasteiger charge is 2.22. The van der Waals surface area contributed by atoms with Gasteiger partial charge in [0.2, 0.25) is 0 Å². The zero-order valence-electron chi connectivity index (χ0n) is 17.0. The van der Waals surface area contributed by atoms with Crippen LogP contribution in [0.4, 0.5) is 10.5 Å². The number of ether oxygens (including phenoxy) is 2. The van der Waals surface area contributed by atoms with Gasteiger partial charge in [0.1, 0.15) is 10.6 Å². The Morgan fingerprint density at radius 1 is 1.00 bits per heavy atom. The molecular weight excluding hydrogens is 410 g/mol. The summed E-state index contributed by atoms with van der Waals surface area (Å²) in [5, 5.41) is 5.08. The highest BCUT2D eigenvalue weighted by Crippen LogP contribution is 2.27. The number of carbonyl (C=O) groups is 2. The van der Waals surface area contributed by atoms with E-state index >= 15 is 0 Å². The topological polar surface area (TPSA) is 123 Å². The van der Waals surface area contributed by atoms with Gasteiger partial charge in [-0.05, 0) is 44.2 Å². The molecule has 10 heteroatoms. The normalized spacial score (nSPS) is 10.8. The number of rotatable bonds is 9. The molecule has 0 aliphatic carbocycles. The van der Waals surface area contributed by atoms with Crippen molar-refractivity contribution in [2.75, 3.05) is 31.5 Å². The van der Waals surface area contributed by atoms with Crippen LogP contribution in [-0.2, 0) is 14.8 Å². The zero-order valence-corrected chi connectivity index (χ0v) is 17.8. The van der Waals surface area contributed by atoms with Gasteiger partial charge in [-0.15, -0.1) is 0 Å². The lowest BCUT2D eigenvalue weighted by Gasteiger charge is -2.13. The SMILES string of the molecule is CCOC(=O)NCCNC(=O)c1ccc(OC)c(S(=O)(=O)Nc2ccc(C)cc2)c1. The van der Waals surface area contributed by atoms with E-state index in [0.29, 0.717) is 5.69 Å². The Labute approximate surface area is 175 Å². The summed E-state index contributed by atoms with van der Waals surface area (Å²) in [6, 6.07) is 11.0. The maximum Gasteiger partial charge on any atom is 0.407 e. The number of nitrogens with one attached hydrogen (secondary N) is 3. The molecule has 0 spiro atoms. The lowest BCUT2D eigenvalue weighted by Crippen LogP contribution is -2.35. The third kappa shape index (κ3) is 6.38. The minimum Gasteiger partial charge on any atom is -0.495 e. The summed E-state index contributed by atoms with van der Waals surface area (Å²) in [6.07, 6.45) is -0.577. The Hall–Kier alpha value is -3.27. The quantitative estimate of drug-likeness (QED) is 0.520. The van der Waals surface area contributed by atoms with Crippen LogP contribution >= 0.6 is 0 Å². The maximum absolute atomic E-state index is 12.9. The second-order valence-corrected chi connectivity index (χ2v) is 7.89. The third-order valence-electron chi connectivity index (χ3n) is 3.97. The average Bonchev–Trinajstić information content (AvgIpc) is 2.72. The number of amides is 2. The Morgan fingerprint density at radius 3 is 2.30 bits per heavy atom. The molecule has 2 rings (SSSR count). The van der Waals surface area contributed by atoms with Crippen LogP contribution in [0.2, 0.25) is 0 Å². The Morgan fingerprint density at radius 2 is 1.67 bits per heavy atom. The van der Waals surface area contributed by atoms with Crippen molar-refractivity contribution < 1.29 is 27.5 Å². The van der Waals surface area contributed by atoms with Gasteiger partial charge in [0.25, 0.3) is 15.9 Å². The van der Waals surface area contributed by atoms with Gasteiger partial charge < -0.3 is 20.1 Å². The number of benzene rings is 2. The first kappa shape index (κ1) is 23.0. The summed E-state index contributed by atoms with van der Waals surface area (Å²) in [5.41, 5.74) is 1.52. The Balaban J connectivity index is 2.12. The van der Waals surface area contributed by atoms with Gasteiger partial charge in [0.15, 0.2) is 0 Å². The second kappa shape index (κ2) is 10.5. The molecule has 0 saturated carbocycles. The summed E-state index contributed by atoms with van der Waals surface area (Å²) >= 11 is 0. The molecule has 0 atom stereocenters. The highest BCUT2D eigenvalue weighted by atomic mass is 32.2. The van der Waals surface area contributed by atoms with Crippen LogP contribution in [0.1, 0.15) is 22.8 Å². The van der Waals surface area contributed by atoms with E-state index in [1.807, 2.05) is 6.92 Å². The smallest absolute Gasteiger partial charge is 0.407 e. The summed E-state index contributed by atoms with van der Waals surface area (Å²) in [7, 11) is -2.65. The molecule has 0 radical (unpaired) electrons. The van der Waals surface area contributed by atoms with Crippen LogP contribution in [0.25, 0.3) is 0 Å². The van der Waals surface area contributed by atoms with Crippen LogP contribution < -0.4 is 20.1 Å². The summed E-state index contributed by atoms with van der Waals surface area (Å²) in [5.74, 6) is -0.384. The molecule has 0 aromatic heterocycles.